The summed E-state index contributed by atoms with van der Waals surface area (Å²) in [7, 11) is 0. The number of nitrogens with zero attached hydrogens (tertiary/aromatic N) is 1. The zero-order chi connectivity index (χ0) is 17.7. The van der Waals surface area contributed by atoms with E-state index in [0.717, 1.165) is 19.4 Å². The van der Waals surface area contributed by atoms with Crippen LogP contribution in [0.3, 0.4) is 0 Å². The highest BCUT2D eigenvalue weighted by molar-refractivity contribution is 5.74. The number of ether oxygens (including phenoxy) is 2. The summed E-state index contributed by atoms with van der Waals surface area (Å²) >= 11 is 0. The van der Waals surface area contributed by atoms with Gasteiger partial charge >= 0.3 is 6.03 Å². The minimum Gasteiger partial charge on any atom is -0.378 e. The van der Waals surface area contributed by atoms with E-state index in [1.54, 1.807) is 0 Å². The maximum absolute atomic E-state index is 12.6. The molecule has 1 aromatic rings. The number of urea groups is 1. The lowest BCUT2D eigenvalue weighted by molar-refractivity contribution is -0.0975. The van der Waals surface area contributed by atoms with E-state index in [-0.39, 0.29) is 11.6 Å². The van der Waals surface area contributed by atoms with Gasteiger partial charge in [-0.05, 0) is 23.8 Å². The van der Waals surface area contributed by atoms with Crippen LogP contribution in [-0.4, -0.2) is 56.0 Å². The molecule has 2 saturated heterocycles. The van der Waals surface area contributed by atoms with Gasteiger partial charge in [-0.3, -0.25) is 0 Å². The Bertz CT molecular complexity index is 555. The molecule has 5 nitrogen and oxygen atoms in total. The summed E-state index contributed by atoms with van der Waals surface area (Å²) in [6.45, 7) is 8.34. The largest absolute Gasteiger partial charge is 0.378 e. The van der Waals surface area contributed by atoms with Gasteiger partial charge in [0.25, 0.3) is 0 Å². The highest BCUT2D eigenvalue weighted by Crippen LogP contribution is 2.27. The quantitative estimate of drug-likeness (QED) is 0.892. The molecule has 2 heterocycles. The number of hydrogen-bond acceptors (Lipinski definition) is 3. The number of hydrogen-bond donors (Lipinski definition) is 1. The van der Waals surface area contributed by atoms with E-state index >= 15 is 0 Å². The number of nitrogens with one attached hydrogen (secondary N) is 1. The van der Waals surface area contributed by atoms with E-state index in [4.69, 9.17) is 9.47 Å². The molecule has 5 heteroatoms. The number of carbonyl (C=O) groups excluding carboxylic acids is 1. The molecule has 2 aliphatic heterocycles. The van der Waals surface area contributed by atoms with Crippen molar-refractivity contribution in [2.24, 2.45) is 11.8 Å². The first-order chi connectivity index (χ1) is 12.1. The van der Waals surface area contributed by atoms with E-state index in [1.807, 2.05) is 11.0 Å². The van der Waals surface area contributed by atoms with Crippen molar-refractivity contribution in [1.29, 1.82) is 0 Å². The van der Waals surface area contributed by atoms with Crippen molar-refractivity contribution < 1.29 is 14.3 Å². The Kier molecular flexibility index (Phi) is 5.97. The zero-order valence-electron chi connectivity index (χ0n) is 15.4. The Morgan fingerprint density at radius 1 is 1.28 bits per heavy atom. The normalized spacial score (nSPS) is 24.7. The molecule has 1 spiro atoms. The molecule has 2 amide bonds. The predicted octanol–water partition coefficient (Wildman–Crippen LogP) is 2.70. The molecule has 25 heavy (non-hydrogen) atoms. The number of amides is 2. The fourth-order valence-corrected chi connectivity index (χ4v) is 3.64. The van der Waals surface area contributed by atoms with Gasteiger partial charge < -0.3 is 19.7 Å². The van der Waals surface area contributed by atoms with Gasteiger partial charge in [-0.25, -0.2) is 4.79 Å². The molecule has 1 N–H and O–H groups in total. The Morgan fingerprint density at radius 2 is 2.08 bits per heavy atom. The van der Waals surface area contributed by atoms with Crippen LogP contribution >= 0.6 is 0 Å². The van der Waals surface area contributed by atoms with Gasteiger partial charge in [0.05, 0.1) is 19.8 Å². The Morgan fingerprint density at radius 3 is 2.76 bits per heavy atom. The molecule has 2 fully saturated rings. The summed E-state index contributed by atoms with van der Waals surface area (Å²) in [5.41, 5.74) is 1.04. The van der Waals surface area contributed by atoms with Gasteiger partial charge in [-0.15, -0.1) is 0 Å². The molecule has 0 aromatic heterocycles. The van der Waals surface area contributed by atoms with Crippen molar-refractivity contribution in [2.45, 2.75) is 32.3 Å². The molecule has 0 unspecified atom stereocenters. The van der Waals surface area contributed by atoms with Crippen LogP contribution in [0.1, 0.15) is 25.8 Å². The fourth-order valence-electron chi connectivity index (χ4n) is 3.64. The van der Waals surface area contributed by atoms with Crippen molar-refractivity contribution in [2.75, 3.05) is 39.5 Å². The van der Waals surface area contributed by atoms with Gasteiger partial charge in [-0.2, -0.15) is 0 Å². The number of benzene rings is 1. The van der Waals surface area contributed by atoms with Crippen LogP contribution in [0.2, 0.25) is 0 Å². The second kappa shape index (κ2) is 8.19. The summed E-state index contributed by atoms with van der Waals surface area (Å²) in [5.74, 6) is 0.941. The molecule has 0 saturated carbocycles. The van der Waals surface area contributed by atoms with E-state index in [1.165, 1.54) is 5.56 Å². The highest BCUT2D eigenvalue weighted by atomic mass is 16.6. The zero-order valence-corrected chi connectivity index (χ0v) is 15.4. The molecule has 2 aliphatic rings. The Labute approximate surface area is 150 Å². The van der Waals surface area contributed by atoms with E-state index in [9.17, 15) is 4.79 Å². The lowest BCUT2D eigenvalue weighted by Gasteiger charge is -2.39. The maximum Gasteiger partial charge on any atom is 0.317 e. The molecule has 0 aliphatic carbocycles. The number of rotatable bonds is 5. The van der Waals surface area contributed by atoms with Crippen LogP contribution in [0.25, 0.3) is 0 Å². The first-order valence-corrected chi connectivity index (χ1v) is 9.36. The van der Waals surface area contributed by atoms with Crippen molar-refractivity contribution in [3.63, 3.8) is 0 Å². The third-order valence-corrected chi connectivity index (χ3v) is 5.40. The van der Waals surface area contributed by atoms with E-state index in [2.05, 4.69) is 43.4 Å². The van der Waals surface area contributed by atoms with Gasteiger partial charge in [0.15, 0.2) is 0 Å². The SMILES string of the molecule is CC(C)[C@H](CNC(=O)N1CCO[C@@]2(CCOC2)C1)Cc1ccccc1. The summed E-state index contributed by atoms with van der Waals surface area (Å²) in [4.78, 5) is 14.5. The van der Waals surface area contributed by atoms with Crippen molar-refractivity contribution >= 4 is 6.03 Å². The lowest BCUT2D eigenvalue weighted by atomic mass is 9.89. The molecule has 1 aromatic carbocycles. The lowest BCUT2D eigenvalue weighted by Crippen LogP contribution is -2.56. The van der Waals surface area contributed by atoms with Crippen molar-refractivity contribution in [1.82, 2.24) is 10.2 Å². The van der Waals surface area contributed by atoms with Crippen LogP contribution in [-0.2, 0) is 15.9 Å². The molecule has 2 atom stereocenters. The Balaban J connectivity index is 1.52. The number of carbonyl (C=O) groups is 1. The van der Waals surface area contributed by atoms with Crippen molar-refractivity contribution in [3.05, 3.63) is 35.9 Å². The summed E-state index contributed by atoms with van der Waals surface area (Å²) in [6.07, 6.45) is 1.86. The molecular weight excluding hydrogens is 316 g/mol. The standard InChI is InChI=1S/C20H30N2O3/c1-16(2)18(12-17-6-4-3-5-7-17)13-21-19(23)22-9-11-25-20(14-22)8-10-24-15-20/h3-7,16,18H,8-15H2,1-2H3,(H,21,23)/t18-,20-/m0/s1. The van der Waals surface area contributed by atoms with Crippen molar-refractivity contribution in [3.8, 4) is 0 Å². The van der Waals surface area contributed by atoms with Gasteiger partial charge in [0.2, 0.25) is 0 Å². The third kappa shape index (κ3) is 4.73. The molecule has 3 rings (SSSR count). The van der Waals surface area contributed by atoms with Crippen LogP contribution in [0.4, 0.5) is 4.79 Å². The second-order valence-corrected chi connectivity index (χ2v) is 7.64. The highest BCUT2D eigenvalue weighted by Gasteiger charge is 2.41. The average molecular weight is 346 g/mol. The second-order valence-electron chi connectivity index (χ2n) is 7.64. The third-order valence-electron chi connectivity index (χ3n) is 5.40. The van der Waals surface area contributed by atoms with Crippen LogP contribution in [0, 0.1) is 11.8 Å². The fraction of sp³-hybridized carbons (Fsp3) is 0.650. The van der Waals surface area contributed by atoms with Gasteiger partial charge in [0.1, 0.15) is 5.60 Å². The van der Waals surface area contributed by atoms with Crippen LogP contribution in [0.5, 0.6) is 0 Å². The minimum absolute atomic E-state index is 0.0216. The Hall–Kier alpha value is -1.59. The topological polar surface area (TPSA) is 50.8 Å². The minimum atomic E-state index is -0.281. The van der Waals surface area contributed by atoms with E-state index in [0.29, 0.717) is 44.7 Å². The predicted molar refractivity (Wildman–Crippen MR) is 97.6 cm³/mol. The van der Waals surface area contributed by atoms with E-state index < -0.39 is 0 Å². The monoisotopic (exact) mass is 346 g/mol. The van der Waals surface area contributed by atoms with Gasteiger partial charge in [0, 0.05) is 26.1 Å². The molecule has 0 radical (unpaired) electrons. The maximum atomic E-state index is 12.6. The van der Waals surface area contributed by atoms with Crippen LogP contribution < -0.4 is 5.32 Å². The first kappa shape index (κ1) is 18.2. The molecule has 0 bridgehead atoms. The summed E-state index contributed by atoms with van der Waals surface area (Å²) in [5, 5.41) is 3.15. The average Bonchev–Trinajstić information content (AvgIpc) is 3.06. The first-order valence-electron chi connectivity index (χ1n) is 9.36. The molecule has 138 valence electrons. The summed E-state index contributed by atoms with van der Waals surface area (Å²) < 4.78 is 11.4. The number of morpholine rings is 1. The van der Waals surface area contributed by atoms with Crippen LogP contribution in [0.15, 0.2) is 30.3 Å². The smallest absolute Gasteiger partial charge is 0.317 e. The van der Waals surface area contributed by atoms with Gasteiger partial charge in [-0.1, -0.05) is 44.2 Å². The molecular formula is C20H30N2O3. The summed E-state index contributed by atoms with van der Waals surface area (Å²) in [6, 6.07) is 10.5.